The van der Waals surface area contributed by atoms with Crippen molar-refractivity contribution in [1.29, 1.82) is 0 Å². The third-order valence-electron chi connectivity index (χ3n) is 6.33. The molecule has 0 radical (unpaired) electrons. The highest BCUT2D eigenvalue weighted by atomic mass is 16.6. The summed E-state index contributed by atoms with van der Waals surface area (Å²) in [6.45, 7) is 6.10. The number of methoxy groups -OCH3 is 1. The number of hydrogen-bond acceptors (Lipinski definition) is 5. The fourth-order valence-corrected chi connectivity index (χ4v) is 4.24. The van der Waals surface area contributed by atoms with E-state index in [0.29, 0.717) is 19.6 Å². The van der Waals surface area contributed by atoms with Crippen molar-refractivity contribution in [2.24, 2.45) is 0 Å². The standard InChI is InChI=1S/C29H36N4O5/c1-4-5-14-31(21-27-13-8-15-30(27)20-24-10-6-9-23(2)18-24)28(34)22-32(16-17-38-3)29(35)25-11-7-12-26(19-25)33(36)37/h6-13,15,18-19H,4-5,14,16-17,20-22H2,1-3H3. The topological polar surface area (TPSA) is 97.9 Å². The average Bonchev–Trinajstić information content (AvgIpc) is 3.34. The van der Waals surface area contributed by atoms with Gasteiger partial charge in [0.25, 0.3) is 11.6 Å². The van der Waals surface area contributed by atoms with E-state index in [2.05, 4.69) is 36.6 Å². The maximum atomic E-state index is 13.5. The van der Waals surface area contributed by atoms with Gasteiger partial charge in [-0.2, -0.15) is 0 Å². The number of nitrogens with zero attached hydrogens (tertiary/aromatic N) is 4. The Labute approximate surface area is 223 Å². The molecule has 1 aromatic heterocycles. The smallest absolute Gasteiger partial charge is 0.270 e. The molecule has 0 saturated heterocycles. The Bertz CT molecular complexity index is 1240. The normalized spacial score (nSPS) is 10.8. The van der Waals surface area contributed by atoms with E-state index in [1.165, 1.54) is 47.4 Å². The quantitative estimate of drug-likeness (QED) is 0.227. The molecule has 1 heterocycles. The van der Waals surface area contributed by atoms with Gasteiger partial charge >= 0.3 is 0 Å². The summed E-state index contributed by atoms with van der Waals surface area (Å²) >= 11 is 0. The van der Waals surface area contributed by atoms with Crippen LogP contribution in [0.15, 0.2) is 66.9 Å². The van der Waals surface area contributed by atoms with E-state index < -0.39 is 10.8 Å². The minimum absolute atomic E-state index is 0.146. The van der Waals surface area contributed by atoms with Crippen molar-refractivity contribution in [3.8, 4) is 0 Å². The van der Waals surface area contributed by atoms with Crippen LogP contribution in [-0.2, 0) is 22.6 Å². The first kappa shape index (κ1) is 28.6. The Hall–Kier alpha value is -3.98. The largest absolute Gasteiger partial charge is 0.383 e. The highest BCUT2D eigenvalue weighted by Gasteiger charge is 2.24. The lowest BCUT2D eigenvalue weighted by Crippen LogP contribution is -2.44. The van der Waals surface area contributed by atoms with E-state index in [0.717, 1.165) is 18.5 Å². The Morgan fingerprint density at radius 2 is 1.82 bits per heavy atom. The lowest BCUT2D eigenvalue weighted by Gasteiger charge is -2.28. The summed E-state index contributed by atoms with van der Waals surface area (Å²) in [4.78, 5) is 40.7. The lowest BCUT2D eigenvalue weighted by molar-refractivity contribution is -0.384. The van der Waals surface area contributed by atoms with Gasteiger partial charge in [0.2, 0.25) is 5.91 Å². The molecule has 0 saturated carbocycles. The molecule has 38 heavy (non-hydrogen) atoms. The van der Waals surface area contributed by atoms with Crippen molar-refractivity contribution in [1.82, 2.24) is 14.4 Å². The van der Waals surface area contributed by atoms with Crippen LogP contribution in [0, 0.1) is 17.0 Å². The number of unbranched alkanes of at least 4 members (excludes halogenated alkanes) is 1. The molecule has 0 fully saturated rings. The molecule has 0 aliphatic heterocycles. The third-order valence-corrected chi connectivity index (χ3v) is 6.33. The summed E-state index contributed by atoms with van der Waals surface area (Å²) in [7, 11) is 1.52. The van der Waals surface area contributed by atoms with Crippen LogP contribution in [0.2, 0.25) is 0 Å². The zero-order chi connectivity index (χ0) is 27.5. The fraction of sp³-hybridized carbons (Fsp3) is 0.379. The number of rotatable bonds is 14. The molecule has 0 atom stereocenters. The molecule has 2 aromatic carbocycles. The van der Waals surface area contributed by atoms with Gasteiger partial charge in [-0.25, -0.2) is 0 Å². The Balaban J connectivity index is 1.78. The summed E-state index contributed by atoms with van der Waals surface area (Å²) in [5.74, 6) is -0.631. The number of aryl methyl sites for hydroxylation is 1. The van der Waals surface area contributed by atoms with Crippen molar-refractivity contribution in [3.05, 3.63) is 99.4 Å². The number of amides is 2. The van der Waals surface area contributed by atoms with E-state index in [-0.39, 0.29) is 36.9 Å². The Kier molecular flexibility index (Phi) is 10.6. The second-order valence-electron chi connectivity index (χ2n) is 9.31. The molecule has 0 spiro atoms. The fourth-order valence-electron chi connectivity index (χ4n) is 4.24. The minimum atomic E-state index is -0.542. The number of aromatic nitrogens is 1. The summed E-state index contributed by atoms with van der Waals surface area (Å²) in [6, 6.07) is 17.9. The number of hydrogen-bond donors (Lipinski definition) is 0. The first-order valence-electron chi connectivity index (χ1n) is 12.8. The predicted molar refractivity (Wildman–Crippen MR) is 146 cm³/mol. The number of carbonyl (C=O) groups is 2. The van der Waals surface area contributed by atoms with Crippen LogP contribution in [0.1, 0.15) is 46.9 Å². The Morgan fingerprint density at radius 1 is 1.03 bits per heavy atom. The van der Waals surface area contributed by atoms with Crippen molar-refractivity contribution < 1.29 is 19.2 Å². The second kappa shape index (κ2) is 14.1. The van der Waals surface area contributed by atoms with E-state index >= 15 is 0 Å². The zero-order valence-corrected chi connectivity index (χ0v) is 22.3. The number of nitro groups is 1. The van der Waals surface area contributed by atoms with Gasteiger partial charge in [0.15, 0.2) is 0 Å². The summed E-state index contributed by atoms with van der Waals surface area (Å²) < 4.78 is 7.30. The molecule has 0 aliphatic rings. The molecule has 0 aliphatic carbocycles. The van der Waals surface area contributed by atoms with Crippen molar-refractivity contribution in [2.45, 2.75) is 39.8 Å². The van der Waals surface area contributed by atoms with Crippen molar-refractivity contribution in [3.63, 3.8) is 0 Å². The van der Waals surface area contributed by atoms with E-state index in [4.69, 9.17) is 4.74 Å². The van der Waals surface area contributed by atoms with Gasteiger partial charge in [-0.05, 0) is 37.1 Å². The molecule has 9 nitrogen and oxygen atoms in total. The molecular formula is C29H36N4O5. The van der Waals surface area contributed by atoms with Gasteiger partial charge < -0.3 is 19.1 Å². The second-order valence-corrected chi connectivity index (χ2v) is 9.31. The van der Waals surface area contributed by atoms with Crippen LogP contribution >= 0.6 is 0 Å². The maximum Gasteiger partial charge on any atom is 0.270 e. The molecular weight excluding hydrogens is 484 g/mol. The molecule has 3 rings (SSSR count). The number of ether oxygens (including phenoxy) is 1. The van der Waals surface area contributed by atoms with E-state index in [9.17, 15) is 19.7 Å². The number of benzene rings is 2. The van der Waals surface area contributed by atoms with Crippen LogP contribution in [0.25, 0.3) is 0 Å². The Morgan fingerprint density at radius 3 is 2.53 bits per heavy atom. The molecule has 0 unspecified atom stereocenters. The third kappa shape index (κ3) is 8.01. The maximum absolute atomic E-state index is 13.5. The van der Waals surface area contributed by atoms with Gasteiger partial charge in [-0.3, -0.25) is 19.7 Å². The predicted octanol–water partition coefficient (Wildman–Crippen LogP) is 4.67. The summed E-state index contributed by atoms with van der Waals surface area (Å²) in [5, 5.41) is 11.2. The van der Waals surface area contributed by atoms with Gasteiger partial charge in [-0.15, -0.1) is 0 Å². The summed E-state index contributed by atoms with van der Waals surface area (Å²) in [6.07, 6.45) is 3.77. The molecule has 2 amide bonds. The van der Waals surface area contributed by atoms with Gasteiger partial charge in [0.1, 0.15) is 6.54 Å². The van der Waals surface area contributed by atoms with E-state index in [1.54, 1.807) is 4.90 Å². The number of nitro benzene ring substituents is 1. The highest BCUT2D eigenvalue weighted by Crippen LogP contribution is 2.16. The van der Waals surface area contributed by atoms with Crippen LogP contribution < -0.4 is 0 Å². The molecule has 3 aromatic rings. The van der Waals surface area contributed by atoms with Crippen LogP contribution in [-0.4, -0.2) is 64.5 Å². The first-order chi connectivity index (χ1) is 18.3. The highest BCUT2D eigenvalue weighted by molar-refractivity contribution is 5.97. The number of non-ortho nitro benzene ring substituents is 1. The monoisotopic (exact) mass is 520 g/mol. The minimum Gasteiger partial charge on any atom is -0.383 e. The molecule has 0 N–H and O–H groups in total. The zero-order valence-electron chi connectivity index (χ0n) is 22.3. The number of carbonyl (C=O) groups excluding carboxylic acids is 2. The van der Waals surface area contributed by atoms with E-state index in [1.807, 2.05) is 24.4 Å². The van der Waals surface area contributed by atoms with Crippen LogP contribution in [0.3, 0.4) is 0 Å². The summed E-state index contributed by atoms with van der Waals surface area (Å²) in [5.41, 5.74) is 3.37. The molecule has 9 heteroatoms. The first-order valence-corrected chi connectivity index (χ1v) is 12.8. The molecule has 202 valence electrons. The van der Waals surface area contributed by atoms with Gasteiger partial charge in [-0.1, -0.05) is 49.2 Å². The van der Waals surface area contributed by atoms with Gasteiger partial charge in [0, 0.05) is 56.3 Å². The van der Waals surface area contributed by atoms with Crippen molar-refractivity contribution in [2.75, 3.05) is 33.4 Å². The molecule has 0 bridgehead atoms. The van der Waals surface area contributed by atoms with Gasteiger partial charge in [0.05, 0.1) is 18.1 Å². The van der Waals surface area contributed by atoms with Crippen molar-refractivity contribution >= 4 is 17.5 Å². The van der Waals surface area contributed by atoms with Crippen LogP contribution in [0.4, 0.5) is 5.69 Å². The SMILES string of the molecule is CCCCN(Cc1cccn1Cc1cccc(C)c1)C(=O)CN(CCOC)C(=O)c1cccc([N+](=O)[O-])c1. The average molecular weight is 521 g/mol. The van der Waals surface area contributed by atoms with Crippen LogP contribution in [0.5, 0.6) is 0 Å². The lowest BCUT2D eigenvalue weighted by atomic mass is 10.1.